The third-order valence-corrected chi connectivity index (χ3v) is 7.33. The van der Waals surface area contributed by atoms with E-state index in [-0.39, 0.29) is 42.5 Å². The Morgan fingerprint density at radius 2 is 1.96 bits per heavy atom. The maximum Gasteiger partial charge on any atom is 0.233 e. The molecule has 3 amide bonds. The van der Waals surface area contributed by atoms with Gasteiger partial charge in [-0.05, 0) is 37.3 Å². The standard InChI is InChI=1S/C19H21N3O3S2/c1-26-19-21-14-7-6-11(10-15(14)27-19)20-16(23)8-9-22-17(24)12-4-2-3-5-13(12)18(22)25/h6-7,10,12-13H,2-5,8-9H2,1H3,(H,20,23)/t12-,13+. The Labute approximate surface area is 165 Å². The molecule has 6 nitrogen and oxygen atoms in total. The molecule has 2 fully saturated rings. The van der Waals surface area contributed by atoms with Crippen LogP contribution >= 0.6 is 23.1 Å². The van der Waals surface area contributed by atoms with Crippen molar-refractivity contribution in [2.24, 2.45) is 11.8 Å². The number of thiazole rings is 1. The first-order valence-electron chi connectivity index (χ1n) is 9.16. The molecule has 2 atom stereocenters. The van der Waals surface area contributed by atoms with E-state index < -0.39 is 0 Å². The smallest absolute Gasteiger partial charge is 0.233 e. The van der Waals surface area contributed by atoms with Crippen LogP contribution < -0.4 is 5.32 Å². The minimum absolute atomic E-state index is 0.0897. The quantitative estimate of drug-likeness (QED) is 0.610. The lowest BCUT2D eigenvalue weighted by molar-refractivity contribution is -0.140. The van der Waals surface area contributed by atoms with Crippen molar-refractivity contribution in [1.29, 1.82) is 0 Å². The van der Waals surface area contributed by atoms with Crippen LogP contribution in [-0.2, 0) is 14.4 Å². The number of rotatable bonds is 5. The zero-order valence-electron chi connectivity index (χ0n) is 15.1. The number of imide groups is 1. The number of carbonyl (C=O) groups excluding carboxylic acids is 3. The summed E-state index contributed by atoms with van der Waals surface area (Å²) in [5.74, 6) is -0.692. The molecule has 27 heavy (non-hydrogen) atoms. The van der Waals surface area contributed by atoms with Gasteiger partial charge >= 0.3 is 0 Å². The molecule has 4 rings (SSSR count). The van der Waals surface area contributed by atoms with Crippen LogP contribution in [-0.4, -0.2) is 40.4 Å². The minimum atomic E-state index is -0.195. The first kappa shape index (κ1) is 18.4. The fourth-order valence-corrected chi connectivity index (χ4v) is 5.49. The molecule has 0 unspecified atom stereocenters. The van der Waals surface area contributed by atoms with Gasteiger partial charge < -0.3 is 5.32 Å². The summed E-state index contributed by atoms with van der Waals surface area (Å²) in [5, 5.41) is 2.86. The van der Waals surface area contributed by atoms with E-state index in [1.165, 1.54) is 4.90 Å². The van der Waals surface area contributed by atoms with E-state index in [4.69, 9.17) is 0 Å². The second-order valence-corrected chi connectivity index (χ2v) is 9.07. The van der Waals surface area contributed by atoms with Gasteiger partial charge in [-0.1, -0.05) is 24.6 Å². The van der Waals surface area contributed by atoms with Crippen molar-refractivity contribution in [3.05, 3.63) is 18.2 Å². The first-order valence-corrected chi connectivity index (χ1v) is 11.2. The second-order valence-electron chi connectivity index (χ2n) is 6.99. The van der Waals surface area contributed by atoms with Crippen molar-refractivity contribution in [2.45, 2.75) is 36.4 Å². The SMILES string of the molecule is CSc1nc2ccc(NC(=O)CCN3C(=O)[C@H]4CCCC[C@H]4C3=O)cc2s1. The molecule has 1 aliphatic carbocycles. The molecular formula is C19H21N3O3S2. The molecule has 2 aromatic rings. The summed E-state index contributed by atoms with van der Waals surface area (Å²) in [4.78, 5) is 43.0. The Hall–Kier alpha value is -1.93. The number of anilines is 1. The topological polar surface area (TPSA) is 79.4 Å². The molecule has 1 saturated heterocycles. The van der Waals surface area contributed by atoms with Crippen molar-refractivity contribution in [1.82, 2.24) is 9.88 Å². The molecule has 0 bridgehead atoms. The number of carbonyl (C=O) groups is 3. The summed E-state index contributed by atoms with van der Waals surface area (Å²) in [7, 11) is 0. The van der Waals surface area contributed by atoms with Crippen LogP contribution in [0.5, 0.6) is 0 Å². The summed E-state index contributed by atoms with van der Waals surface area (Å²) in [6.45, 7) is 0.163. The van der Waals surface area contributed by atoms with Gasteiger partial charge in [0.05, 0.1) is 22.1 Å². The molecule has 0 spiro atoms. The molecule has 1 aromatic carbocycles. The molecule has 0 radical (unpaired) electrons. The van der Waals surface area contributed by atoms with Crippen LogP contribution in [0.15, 0.2) is 22.5 Å². The summed E-state index contributed by atoms with van der Waals surface area (Å²) >= 11 is 3.18. The van der Waals surface area contributed by atoms with Gasteiger partial charge in [-0.25, -0.2) is 4.98 Å². The van der Waals surface area contributed by atoms with E-state index in [9.17, 15) is 14.4 Å². The number of hydrogen-bond donors (Lipinski definition) is 1. The van der Waals surface area contributed by atoms with Crippen LogP contribution in [0.1, 0.15) is 32.1 Å². The average Bonchev–Trinajstić information content (AvgIpc) is 3.19. The lowest BCUT2D eigenvalue weighted by Crippen LogP contribution is -2.34. The van der Waals surface area contributed by atoms with Crippen molar-refractivity contribution >= 4 is 56.7 Å². The molecule has 1 N–H and O–H groups in total. The third-order valence-electron chi connectivity index (χ3n) is 5.32. The van der Waals surface area contributed by atoms with E-state index in [1.807, 2.05) is 24.5 Å². The molecule has 8 heteroatoms. The van der Waals surface area contributed by atoms with Crippen LogP contribution in [0.4, 0.5) is 5.69 Å². The Bertz CT molecular complexity index is 887. The second kappa shape index (κ2) is 7.59. The minimum Gasteiger partial charge on any atom is -0.326 e. The van der Waals surface area contributed by atoms with E-state index in [0.29, 0.717) is 5.69 Å². The predicted molar refractivity (Wildman–Crippen MR) is 107 cm³/mol. The van der Waals surface area contributed by atoms with Crippen molar-refractivity contribution in [3.8, 4) is 0 Å². The van der Waals surface area contributed by atoms with Gasteiger partial charge in [0.25, 0.3) is 0 Å². The van der Waals surface area contributed by atoms with Gasteiger partial charge in [-0.3, -0.25) is 19.3 Å². The maximum atomic E-state index is 12.5. The average molecular weight is 404 g/mol. The monoisotopic (exact) mass is 403 g/mol. The number of nitrogens with one attached hydrogen (secondary N) is 1. The number of benzene rings is 1. The molecule has 1 aromatic heterocycles. The number of nitrogens with zero attached hydrogens (tertiary/aromatic N) is 2. The van der Waals surface area contributed by atoms with Crippen molar-refractivity contribution in [2.75, 3.05) is 18.1 Å². The number of likely N-dealkylation sites (tertiary alicyclic amines) is 1. The zero-order chi connectivity index (χ0) is 19.0. The Balaban J connectivity index is 1.37. The Morgan fingerprint density at radius 3 is 2.63 bits per heavy atom. The normalized spacial score (nSPS) is 22.3. The van der Waals surface area contributed by atoms with Crippen LogP contribution in [0.3, 0.4) is 0 Å². The lowest BCUT2D eigenvalue weighted by atomic mass is 9.81. The van der Waals surface area contributed by atoms with Crippen LogP contribution in [0.25, 0.3) is 10.2 Å². The fraction of sp³-hybridized carbons (Fsp3) is 0.474. The van der Waals surface area contributed by atoms with Gasteiger partial charge in [-0.2, -0.15) is 0 Å². The molecule has 1 aliphatic heterocycles. The number of thioether (sulfide) groups is 1. The number of fused-ring (bicyclic) bond motifs is 2. The largest absolute Gasteiger partial charge is 0.326 e. The summed E-state index contributed by atoms with van der Waals surface area (Å²) in [6, 6.07) is 5.62. The number of aromatic nitrogens is 1. The Morgan fingerprint density at radius 1 is 1.26 bits per heavy atom. The van der Waals surface area contributed by atoms with Gasteiger partial charge in [0, 0.05) is 18.7 Å². The van der Waals surface area contributed by atoms with Crippen molar-refractivity contribution < 1.29 is 14.4 Å². The van der Waals surface area contributed by atoms with Gasteiger partial charge in [0.1, 0.15) is 0 Å². The summed E-state index contributed by atoms with van der Waals surface area (Å²) in [6.07, 6.45) is 5.71. The number of amides is 3. The highest BCUT2D eigenvalue weighted by atomic mass is 32.2. The zero-order valence-corrected chi connectivity index (χ0v) is 16.7. The molecule has 1 saturated carbocycles. The molecule has 142 valence electrons. The number of hydrogen-bond acceptors (Lipinski definition) is 6. The van der Waals surface area contributed by atoms with Crippen molar-refractivity contribution in [3.63, 3.8) is 0 Å². The van der Waals surface area contributed by atoms with Gasteiger partial charge in [-0.15, -0.1) is 11.3 Å². The molecular weight excluding hydrogens is 382 g/mol. The highest BCUT2D eigenvalue weighted by Gasteiger charge is 2.47. The third kappa shape index (κ3) is 3.60. The van der Waals surface area contributed by atoms with E-state index >= 15 is 0 Å². The van der Waals surface area contributed by atoms with Gasteiger partial charge in [0.2, 0.25) is 17.7 Å². The van der Waals surface area contributed by atoms with Crippen LogP contribution in [0.2, 0.25) is 0 Å². The highest BCUT2D eigenvalue weighted by molar-refractivity contribution is 8.00. The van der Waals surface area contributed by atoms with Gasteiger partial charge in [0.15, 0.2) is 4.34 Å². The lowest BCUT2D eigenvalue weighted by Gasteiger charge is -2.19. The first-order chi connectivity index (χ1) is 13.1. The highest BCUT2D eigenvalue weighted by Crippen LogP contribution is 2.38. The summed E-state index contributed by atoms with van der Waals surface area (Å²) < 4.78 is 2.01. The van der Waals surface area contributed by atoms with Crippen LogP contribution in [0, 0.1) is 11.8 Å². The van der Waals surface area contributed by atoms with E-state index in [1.54, 1.807) is 23.1 Å². The van der Waals surface area contributed by atoms with E-state index in [0.717, 1.165) is 40.2 Å². The molecule has 2 aliphatic rings. The Kier molecular flexibility index (Phi) is 5.19. The predicted octanol–water partition coefficient (Wildman–Crippen LogP) is 3.52. The maximum absolute atomic E-state index is 12.5. The molecule has 2 heterocycles. The fourth-order valence-electron chi connectivity index (χ4n) is 3.96. The van der Waals surface area contributed by atoms with E-state index in [2.05, 4.69) is 10.3 Å². The summed E-state index contributed by atoms with van der Waals surface area (Å²) in [5.41, 5.74) is 1.62.